The van der Waals surface area contributed by atoms with Gasteiger partial charge in [-0.25, -0.2) is 0 Å². The van der Waals surface area contributed by atoms with Gasteiger partial charge in [0.2, 0.25) is 5.91 Å². The average Bonchev–Trinajstić information content (AvgIpc) is 2.26. The van der Waals surface area contributed by atoms with Crippen molar-refractivity contribution in [3.8, 4) is 5.75 Å². The third kappa shape index (κ3) is 4.13. The van der Waals surface area contributed by atoms with E-state index in [1.807, 2.05) is 0 Å². The number of ether oxygens (including phenoxy) is 1. The number of aliphatic hydroxyl groups is 1. The van der Waals surface area contributed by atoms with Gasteiger partial charge in [0, 0.05) is 11.8 Å². The SMILES string of the molecule is COc1cccc(NC(=O)CC(C)(O)C(F)(F)F)c1. The molecule has 0 heterocycles. The fourth-order valence-electron chi connectivity index (χ4n) is 1.32. The molecule has 4 nitrogen and oxygen atoms in total. The summed E-state index contributed by atoms with van der Waals surface area (Å²) in [5, 5.41) is 11.5. The van der Waals surface area contributed by atoms with E-state index in [2.05, 4.69) is 5.32 Å². The minimum Gasteiger partial charge on any atom is -0.497 e. The third-order valence-corrected chi connectivity index (χ3v) is 2.47. The van der Waals surface area contributed by atoms with Crippen molar-refractivity contribution in [3.63, 3.8) is 0 Å². The molecule has 0 fully saturated rings. The Morgan fingerprint density at radius 3 is 2.58 bits per heavy atom. The van der Waals surface area contributed by atoms with Crippen LogP contribution in [0.5, 0.6) is 5.75 Å². The largest absolute Gasteiger partial charge is 0.497 e. The fourth-order valence-corrected chi connectivity index (χ4v) is 1.32. The maximum atomic E-state index is 12.4. The Labute approximate surface area is 108 Å². The third-order valence-electron chi connectivity index (χ3n) is 2.47. The molecule has 2 N–H and O–H groups in total. The minimum atomic E-state index is -4.86. The number of benzene rings is 1. The summed E-state index contributed by atoms with van der Waals surface area (Å²) in [6.07, 6.45) is -5.94. The number of carbonyl (C=O) groups is 1. The molecule has 19 heavy (non-hydrogen) atoms. The summed E-state index contributed by atoms with van der Waals surface area (Å²) in [5.41, 5.74) is -2.77. The average molecular weight is 277 g/mol. The van der Waals surface area contributed by atoms with E-state index in [0.717, 1.165) is 0 Å². The summed E-state index contributed by atoms with van der Waals surface area (Å²) in [6.45, 7) is 0.554. The molecule has 0 saturated carbocycles. The Hall–Kier alpha value is -1.76. The van der Waals surface area contributed by atoms with Crippen molar-refractivity contribution in [2.24, 2.45) is 0 Å². The van der Waals surface area contributed by atoms with Crippen LogP contribution >= 0.6 is 0 Å². The lowest BCUT2D eigenvalue weighted by Crippen LogP contribution is -2.44. The molecule has 0 bridgehead atoms. The van der Waals surface area contributed by atoms with Crippen LogP contribution < -0.4 is 10.1 Å². The van der Waals surface area contributed by atoms with Gasteiger partial charge in [0.1, 0.15) is 5.75 Å². The van der Waals surface area contributed by atoms with E-state index in [1.54, 1.807) is 12.1 Å². The summed E-state index contributed by atoms with van der Waals surface area (Å²) < 4.78 is 42.1. The number of methoxy groups -OCH3 is 1. The molecule has 1 aromatic carbocycles. The van der Waals surface area contributed by atoms with Crippen molar-refractivity contribution in [3.05, 3.63) is 24.3 Å². The van der Waals surface area contributed by atoms with Gasteiger partial charge in [-0.2, -0.15) is 13.2 Å². The standard InChI is InChI=1S/C12H14F3NO3/c1-11(18,12(13,14)15)7-10(17)16-8-4-3-5-9(6-8)19-2/h3-6,18H,7H2,1-2H3,(H,16,17). The van der Waals surface area contributed by atoms with Crippen LogP contribution in [-0.2, 0) is 4.79 Å². The Morgan fingerprint density at radius 1 is 1.42 bits per heavy atom. The van der Waals surface area contributed by atoms with Crippen LogP contribution in [0.25, 0.3) is 0 Å². The minimum absolute atomic E-state index is 0.294. The molecule has 1 atom stereocenters. The zero-order valence-electron chi connectivity index (χ0n) is 10.4. The first-order chi connectivity index (χ1) is 8.65. The summed E-state index contributed by atoms with van der Waals surface area (Å²) in [5.74, 6) is -0.476. The van der Waals surface area contributed by atoms with E-state index in [4.69, 9.17) is 4.74 Å². The van der Waals surface area contributed by atoms with Crippen molar-refractivity contribution >= 4 is 11.6 Å². The van der Waals surface area contributed by atoms with Crippen molar-refractivity contribution in [1.82, 2.24) is 0 Å². The molecule has 0 aliphatic heterocycles. The van der Waals surface area contributed by atoms with E-state index in [1.165, 1.54) is 19.2 Å². The molecule has 0 aliphatic carbocycles. The number of carbonyl (C=O) groups excluding carboxylic acids is 1. The van der Waals surface area contributed by atoms with E-state index < -0.39 is 24.1 Å². The Bertz CT molecular complexity index is 458. The second kappa shape index (κ2) is 5.48. The first-order valence-corrected chi connectivity index (χ1v) is 5.39. The van der Waals surface area contributed by atoms with E-state index >= 15 is 0 Å². The number of amides is 1. The maximum Gasteiger partial charge on any atom is 0.417 e. The number of alkyl halides is 3. The van der Waals surface area contributed by atoms with E-state index in [0.29, 0.717) is 18.4 Å². The molecule has 0 spiro atoms. The summed E-state index contributed by atoms with van der Waals surface area (Å²) in [4.78, 5) is 11.5. The van der Waals surface area contributed by atoms with Gasteiger partial charge in [0.05, 0.1) is 13.5 Å². The first kappa shape index (κ1) is 15.3. The summed E-state index contributed by atoms with van der Waals surface area (Å²) in [7, 11) is 1.43. The maximum absolute atomic E-state index is 12.4. The summed E-state index contributed by atoms with van der Waals surface area (Å²) in [6, 6.07) is 6.17. The summed E-state index contributed by atoms with van der Waals surface area (Å²) >= 11 is 0. The van der Waals surface area contributed by atoms with Gasteiger partial charge in [-0.1, -0.05) is 6.07 Å². The monoisotopic (exact) mass is 277 g/mol. The van der Waals surface area contributed by atoms with Gasteiger partial charge in [0.25, 0.3) is 0 Å². The topological polar surface area (TPSA) is 58.6 Å². The zero-order valence-corrected chi connectivity index (χ0v) is 10.4. The molecule has 1 unspecified atom stereocenters. The molecule has 1 rings (SSSR count). The second-order valence-corrected chi connectivity index (χ2v) is 4.23. The number of anilines is 1. The number of hydrogen-bond acceptors (Lipinski definition) is 3. The number of nitrogens with one attached hydrogen (secondary N) is 1. The molecule has 1 amide bonds. The highest BCUT2D eigenvalue weighted by atomic mass is 19.4. The molecule has 0 aromatic heterocycles. The quantitative estimate of drug-likeness (QED) is 0.888. The van der Waals surface area contributed by atoms with E-state index in [9.17, 15) is 23.1 Å². The van der Waals surface area contributed by atoms with Gasteiger partial charge in [-0.05, 0) is 19.1 Å². The molecule has 0 aliphatic rings. The highest BCUT2D eigenvalue weighted by Gasteiger charge is 2.50. The molecular formula is C12H14F3NO3. The highest BCUT2D eigenvalue weighted by Crippen LogP contribution is 2.32. The first-order valence-electron chi connectivity index (χ1n) is 5.39. The molecule has 1 aromatic rings. The van der Waals surface area contributed by atoms with Crippen LogP contribution in [0.1, 0.15) is 13.3 Å². The number of rotatable bonds is 4. The van der Waals surface area contributed by atoms with Gasteiger partial charge in [-0.15, -0.1) is 0 Å². The van der Waals surface area contributed by atoms with Gasteiger partial charge in [0.15, 0.2) is 5.60 Å². The Morgan fingerprint density at radius 2 is 2.05 bits per heavy atom. The van der Waals surface area contributed by atoms with Gasteiger partial charge < -0.3 is 15.2 Å². The smallest absolute Gasteiger partial charge is 0.417 e. The van der Waals surface area contributed by atoms with Crippen LogP contribution in [0, 0.1) is 0 Å². The Kier molecular flexibility index (Phi) is 4.41. The lowest BCUT2D eigenvalue weighted by atomic mass is 10.0. The van der Waals surface area contributed by atoms with E-state index in [-0.39, 0.29) is 0 Å². The molecule has 0 saturated heterocycles. The van der Waals surface area contributed by atoms with Crippen LogP contribution in [0.2, 0.25) is 0 Å². The molecular weight excluding hydrogens is 263 g/mol. The van der Waals surface area contributed by atoms with Crippen LogP contribution in [-0.4, -0.2) is 29.9 Å². The normalized spacial score (nSPS) is 14.6. The van der Waals surface area contributed by atoms with Crippen molar-refractivity contribution in [1.29, 1.82) is 0 Å². The lowest BCUT2D eigenvalue weighted by Gasteiger charge is -2.25. The number of hydrogen-bond donors (Lipinski definition) is 2. The van der Waals surface area contributed by atoms with Crippen molar-refractivity contribution in [2.45, 2.75) is 25.1 Å². The predicted octanol–water partition coefficient (Wildman–Crippen LogP) is 2.34. The fraction of sp³-hybridized carbons (Fsp3) is 0.417. The molecule has 106 valence electrons. The van der Waals surface area contributed by atoms with Crippen LogP contribution in [0.4, 0.5) is 18.9 Å². The highest BCUT2D eigenvalue weighted by molar-refractivity contribution is 5.91. The second-order valence-electron chi connectivity index (χ2n) is 4.23. The zero-order chi connectivity index (χ0) is 14.7. The molecule has 7 heteroatoms. The number of halogens is 3. The van der Waals surface area contributed by atoms with Crippen LogP contribution in [0.3, 0.4) is 0 Å². The van der Waals surface area contributed by atoms with Crippen LogP contribution in [0.15, 0.2) is 24.3 Å². The van der Waals surface area contributed by atoms with Gasteiger partial charge in [-0.3, -0.25) is 4.79 Å². The Balaban J connectivity index is 2.70. The van der Waals surface area contributed by atoms with Crippen molar-refractivity contribution in [2.75, 3.05) is 12.4 Å². The molecule has 0 radical (unpaired) electrons. The lowest BCUT2D eigenvalue weighted by molar-refractivity contribution is -0.252. The van der Waals surface area contributed by atoms with Crippen molar-refractivity contribution < 1.29 is 27.8 Å². The van der Waals surface area contributed by atoms with Gasteiger partial charge >= 0.3 is 6.18 Å². The predicted molar refractivity (Wildman–Crippen MR) is 62.9 cm³/mol.